The summed E-state index contributed by atoms with van der Waals surface area (Å²) in [6.07, 6.45) is 4.70. The zero-order chi connectivity index (χ0) is 13.9. The topological polar surface area (TPSA) is 23.5 Å². The van der Waals surface area contributed by atoms with Gasteiger partial charge in [0.15, 0.2) is 0 Å². The summed E-state index contributed by atoms with van der Waals surface area (Å²) >= 11 is 0. The highest BCUT2D eigenvalue weighted by Gasteiger charge is 2.31. The minimum atomic E-state index is -0.216. The molecule has 0 aromatic heterocycles. The van der Waals surface area contributed by atoms with Gasteiger partial charge in [0, 0.05) is 13.1 Å². The van der Waals surface area contributed by atoms with Crippen LogP contribution in [0.15, 0.2) is 18.2 Å². The molecular weight excluding hydrogens is 241 g/mol. The molecule has 0 aliphatic carbocycles. The first kappa shape index (κ1) is 14.3. The summed E-state index contributed by atoms with van der Waals surface area (Å²) in [5, 5.41) is 9.02. The van der Waals surface area contributed by atoms with Crippen LogP contribution >= 0.6 is 0 Å². The van der Waals surface area contributed by atoms with E-state index in [4.69, 9.17) is 5.11 Å². The molecule has 0 spiro atoms. The van der Waals surface area contributed by atoms with E-state index in [-0.39, 0.29) is 12.4 Å². The summed E-state index contributed by atoms with van der Waals surface area (Å²) in [6.45, 7) is 6.27. The Morgan fingerprint density at radius 3 is 2.32 bits per heavy atom. The number of aliphatic hydroxyl groups excluding tert-OH is 1. The standard InChI is InChI=1S/C16H24FNO/c1-3-16(4-2)7-9-18(10-8-16)15-6-5-13(12-19)11-14(15)17/h5-6,11,19H,3-4,7-10,12H2,1-2H3. The molecule has 0 unspecified atom stereocenters. The van der Waals surface area contributed by atoms with Crippen LogP contribution in [0.25, 0.3) is 0 Å². The number of halogens is 1. The van der Waals surface area contributed by atoms with E-state index in [1.54, 1.807) is 12.1 Å². The SMILES string of the molecule is CCC1(CC)CCN(c2ccc(CO)cc2F)CC1. The van der Waals surface area contributed by atoms with Crippen molar-refractivity contribution in [2.24, 2.45) is 5.41 Å². The minimum Gasteiger partial charge on any atom is -0.392 e. The Morgan fingerprint density at radius 2 is 1.84 bits per heavy atom. The quantitative estimate of drug-likeness (QED) is 0.896. The van der Waals surface area contributed by atoms with Crippen LogP contribution in [0.3, 0.4) is 0 Å². The van der Waals surface area contributed by atoms with Crippen molar-refractivity contribution in [1.82, 2.24) is 0 Å². The Labute approximate surface area is 115 Å². The molecule has 2 nitrogen and oxygen atoms in total. The van der Waals surface area contributed by atoms with Crippen molar-refractivity contribution in [3.63, 3.8) is 0 Å². The van der Waals surface area contributed by atoms with Crippen molar-refractivity contribution in [1.29, 1.82) is 0 Å². The zero-order valence-electron chi connectivity index (χ0n) is 12.0. The van der Waals surface area contributed by atoms with Gasteiger partial charge in [0.1, 0.15) is 5.82 Å². The van der Waals surface area contributed by atoms with Gasteiger partial charge in [0.25, 0.3) is 0 Å². The summed E-state index contributed by atoms with van der Waals surface area (Å²) in [5.74, 6) is -0.216. The Bertz CT molecular complexity index is 419. The predicted molar refractivity (Wildman–Crippen MR) is 76.8 cm³/mol. The molecule has 0 atom stereocenters. The lowest BCUT2D eigenvalue weighted by molar-refractivity contribution is 0.199. The smallest absolute Gasteiger partial charge is 0.146 e. The fourth-order valence-electron chi connectivity index (χ4n) is 3.08. The van der Waals surface area contributed by atoms with E-state index in [0.29, 0.717) is 16.7 Å². The molecule has 19 heavy (non-hydrogen) atoms. The summed E-state index contributed by atoms with van der Waals surface area (Å²) < 4.78 is 14.0. The molecule has 0 saturated carbocycles. The molecule has 1 aromatic carbocycles. The maximum Gasteiger partial charge on any atom is 0.146 e. The van der Waals surface area contributed by atoms with Gasteiger partial charge < -0.3 is 10.0 Å². The Kier molecular flexibility index (Phi) is 4.46. The van der Waals surface area contributed by atoms with Crippen molar-refractivity contribution in [2.45, 2.75) is 46.1 Å². The van der Waals surface area contributed by atoms with E-state index in [2.05, 4.69) is 18.7 Å². The van der Waals surface area contributed by atoms with Gasteiger partial charge in [-0.05, 0) is 36.0 Å². The van der Waals surface area contributed by atoms with Crippen LogP contribution in [0.4, 0.5) is 10.1 Å². The van der Waals surface area contributed by atoms with Crippen molar-refractivity contribution in [3.8, 4) is 0 Å². The second kappa shape index (κ2) is 5.91. The predicted octanol–water partition coefficient (Wildman–Crippen LogP) is 3.72. The van der Waals surface area contributed by atoms with E-state index < -0.39 is 0 Å². The fraction of sp³-hybridized carbons (Fsp3) is 0.625. The lowest BCUT2D eigenvalue weighted by Crippen LogP contribution is -2.40. The third-order valence-corrected chi connectivity index (χ3v) is 4.86. The first-order valence-corrected chi connectivity index (χ1v) is 7.28. The van der Waals surface area contributed by atoms with E-state index in [1.165, 1.54) is 18.9 Å². The van der Waals surface area contributed by atoms with Gasteiger partial charge in [-0.25, -0.2) is 4.39 Å². The van der Waals surface area contributed by atoms with Gasteiger partial charge in [0.2, 0.25) is 0 Å². The lowest BCUT2D eigenvalue weighted by Gasteiger charge is -2.42. The number of anilines is 1. The number of piperidine rings is 1. The lowest BCUT2D eigenvalue weighted by atomic mass is 9.74. The van der Waals surface area contributed by atoms with Crippen LogP contribution < -0.4 is 4.90 Å². The fourth-order valence-corrected chi connectivity index (χ4v) is 3.08. The van der Waals surface area contributed by atoms with Crippen molar-refractivity contribution in [2.75, 3.05) is 18.0 Å². The van der Waals surface area contributed by atoms with Gasteiger partial charge >= 0.3 is 0 Å². The Morgan fingerprint density at radius 1 is 1.21 bits per heavy atom. The van der Waals surface area contributed by atoms with Crippen LogP contribution in [0.1, 0.15) is 45.1 Å². The molecule has 106 valence electrons. The molecule has 0 radical (unpaired) electrons. The highest BCUT2D eigenvalue weighted by molar-refractivity contribution is 5.49. The molecule has 2 rings (SSSR count). The normalized spacial score (nSPS) is 18.6. The van der Waals surface area contributed by atoms with Crippen LogP contribution in [0.2, 0.25) is 0 Å². The highest BCUT2D eigenvalue weighted by Crippen LogP contribution is 2.39. The van der Waals surface area contributed by atoms with Gasteiger partial charge in [-0.3, -0.25) is 0 Å². The van der Waals surface area contributed by atoms with Crippen molar-refractivity contribution >= 4 is 5.69 Å². The second-order valence-electron chi connectivity index (χ2n) is 5.64. The zero-order valence-corrected chi connectivity index (χ0v) is 12.0. The monoisotopic (exact) mass is 265 g/mol. The molecule has 1 N–H and O–H groups in total. The molecule has 1 aliphatic rings. The maximum absolute atomic E-state index is 14.0. The first-order valence-electron chi connectivity index (χ1n) is 7.28. The van der Waals surface area contributed by atoms with Gasteiger partial charge in [-0.1, -0.05) is 32.8 Å². The molecule has 1 aromatic rings. The van der Waals surface area contributed by atoms with Crippen LogP contribution in [0, 0.1) is 11.2 Å². The van der Waals surface area contributed by atoms with E-state index in [1.807, 2.05) is 0 Å². The van der Waals surface area contributed by atoms with Crippen LogP contribution in [-0.4, -0.2) is 18.2 Å². The van der Waals surface area contributed by atoms with E-state index >= 15 is 0 Å². The van der Waals surface area contributed by atoms with Gasteiger partial charge in [-0.2, -0.15) is 0 Å². The average molecular weight is 265 g/mol. The van der Waals surface area contributed by atoms with Crippen molar-refractivity contribution < 1.29 is 9.50 Å². The molecule has 3 heteroatoms. The molecule has 1 heterocycles. The highest BCUT2D eigenvalue weighted by atomic mass is 19.1. The summed E-state index contributed by atoms with van der Waals surface area (Å²) in [7, 11) is 0. The summed E-state index contributed by atoms with van der Waals surface area (Å²) in [5.41, 5.74) is 1.77. The van der Waals surface area contributed by atoms with E-state index in [9.17, 15) is 4.39 Å². The molecular formula is C16H24FNO. The second-order valence-corrected chi connectivity index (χ2v) is 5.64. The van der Waals surface area contributed by atoms with Gasteiger partial charge in [-0.15, -0.1) is 0 Å². The third kappa shape index (κ3) is 2.92. The number of aliphatic hydroxyl groups is 1. The van der Waals surface area contributed by atoms with Crippen LogP contribution in [0.5, 0.6) is 0 Å². The molecule has 0 bridgehead atoms. The minimum absolute atomic E-state index is 0.105. The Hall–Kier alpha value is -1.09. The van der Waals surface area contributed by atoms with E-state index in [0.717, 1.165) is 25.9 Å². The molecule has 1 saturated heterocycles. The van der Waals surface area contributed by atoms with Gasteiger partial charge in [0.05, 0.1) is 12.3 Å². The largest absolute Gasteiger partial charge is 0.392 e. The Balaban J connectivity index is 2.09. The number of hydrogen-bond acceptors (Lipinski definition) is 2. The number of nitrogens with zero attached hydrogens (tertiary/aromatic N) is 1. The summed E-state index contributed by atoms with van der Waals surface area (Å²) in [4.78, 5) is 2.14. The number of benzene rings is 1. The third-order valence-electron chi connectivity index (χ3n) is 4.86. The number of hydrogen-bond donors (Lipinski definition) is 1. The summed E-state index contributed by atoms with van der Waals surface area (Å²) in [6, 6.07) is 5.04. The first-order chi connectivity index (χ1) is 9.14. The molecule has 0 amide bonds. The molecule has 1 fully saturated rings. The van der Waals surface area contributed by atoms with Crippen molar-refractivity contribution in [3.05, 3.63) is 29.6 Å². The number of rotatable bonds is 4. The average Bonchev–Trinajstić information content (AvgIpc) is 2.47. The maximum atomic E-state index is 14.0. The molecule has 1 aliphatic heterocycles. The van der Waals surface area contributed by atoms with Crippen LogP contribution in [-0.2, 0) is 6.61 Å².